The molecule has 3 aromatic heterocycles. The van der Waals surface area contributed by atoms with E-state index in [-0.39, 0.29) is 0 Å². The molecule has 0 radical (unpaired) electrons. The van der Waals surface area contributed by atoms with Gasteiger partial charge in [-0.25, -0.2) is 0 Å². The summed E-state index contributed by atoms with van der Waals surface area (Å²) in [5, 5.41) is 6.77. The molecule has 0 saturated heterocycles. The van der Waals surface area contributed by atoms with Crippen LogP contribution < -0.4 is 4.90 Å². The van der Waals surface area contributed by atoms with Crippen molar-refractivity contribution in [2.24, 2.45) is 0 Å². The maximum atomic E-state index is 6.84. The Labute approximate surface area is 303 Å². The summed E-state index contributed by atoms with van der Waals surface area (Å²) in [6.45, 7) is 0. The molecule has 0 aliphatic rings. The van der Waals surface area contributed by atoms with Crippen LogP contribution >= 0.6 is 11.3 Å². The summed E-state index contributed by atoms with van der Waals surface area (Å²) in [4.78, 5) is 2.40. The zero-order valence-electron chi connectivity index (χ0n) is 27.9. The van der Waals surface area contributed by atoms with Gasteiger partial charge in [-0.1, -0.05) is 121 Å². The second kappa shape index (κ2) is 11.5. The fourth-order valence-corrected chi connectivity index (χ4v) is 9.12. The molecule has 11 rings (SSSR count). The molecule has 11 aromatic rings. The van der Waals surface area contributed by atoms with E-state index in [4.69, 9.17) is 8.83 Å². The lowest BCUT2D eigenvalue weighted by atomic mass is 9.96. The minimum absolute atomic E-state index is 0.839. The summed E-state index contributed by atoms with van der Waals surface area (Å²) < 4.78 is 15.9. The minimum Gasteiger partial charge on any atom is -0.456 e. The van der Waals surface area contributed by atoms with Gasteiger partial charge < -0.3 is 13.7 Å². The molecule has 3 nitrogen and oxygen atoms in total. The highest BCUT2D eigenvalue weighted by Crippen LogP contribution is 2.48. The number of hydrogen-bond donors (Lipinski definition) is 0. The highest BCUT2D eigenvalue weighted by molar-refractivity contribution is 7.26. The van der Waals surface area contributed by atoms with Crippen LogP contribution in [0.15, 0.2) is 185 Å². The predicted molar refractivity (Wildman–Crippen MR) is 219 cm³/mol. The van der Waals surface area contributed by atoms with Gasteiger partial charge in [-0.05, 0) is 71.3 Å². The topological polar surface area (TPSA) is 29.5 Å². The number of rotatable bonds is 5. The fraction of sp³-hybridized carbons (Fsp3) is 0. The molecule has 8 aromatic carbocycles. The molecule has 3 heterocycles. The Hall–Kier alpha value is -6.62. The van der Waals surface area contributed by atoms with Crippen LogP contribution in [0.4, 0.5) is 17.1 Å². The maximum absolute atomic E-state index is 6.84. The lowest BCUT2D eigenvalue weighted by molar-refractivity contribution is 0.664. The van der Waals surface area contributed by atoms with Gasteiger partial charge >= 0.3 is 0 Å². The monoisotopic (exact) mass is 683 g/mol. The molecule has 0 atom stereocenters. The largest absolute Gasteiger partial charge is 0.456 e. The molecule has 0 bridgehead atoms. The molecule has 0 aliphatic carbocycles. The standard InChI is InChI=1S/C48H29NO2S/c1-3-13-30(14-4-1)32-17-11-18-33(27-32)49(40-22-12-21-36-35-19-8-10-24-44(35)52-48(36)40)34-25-26-42-38(28-34)39-29-43-46(37-20-7-9-23-41(37)50-43)45(47(39)51-42)31-15-5-2-6-16-31/h1-29H. The Kier molecular flexibility index (Phi) is 6.42. The van der Waals surface area contributed by atoms with Crippen molar-refractivity contribution >= 4 is 92.4 Å². The van der Waals surface area contributed by atoms with Gasteiger partial charge in [-0.3, -0.25) is 0 Å². The summed E-state index contributed by atoms with van der Waals surface area (Å²) in [5.41, 5.74) is 11.2. The van der Waals surface area contributed by atoms with Crippen molar-refractivity contribution in [3.63, 3.8) is 0 Å². The van der Waals surface area contributed by atoms with Gasteiger partial charge in [0, 0.05) is 54.0 Å². The molecule has 52 heavy (non-hydrogen) atoms. The number of para-hydroxylation sites is 1. The second-order valence-corrected chi connectivity index (χ2v) is 14.3. The van der Waals surface area contributed by atoms with E-state index < -0.39 is 0 Å². The average Bonchev–Trinajstić information content (AvgIpc) is 3.89. The number of fused-ring (bicyclic) bond motifs is 9. The number of nitrogens with zero attached hydrogens (tertiary/aromatic N) is 1. The summed E-state index contributed by atoms with van der Waals surface area (Å²) in [6, 6.07) is 62.4. The van der Waals surface area contributed by atoms with Crippen molar-refractivity contribution in [3.8, 4) is 22.3 Å². The third-order valence-corrected chi connectivity index (χ3v) is 11.5. The molecule has 0 spiro atoms. The van der Waals surface area contributed by atoms with E-state index >= 15 is 0 Å². The minimum atomic E-state index is 0.839. The van der Waals surface area contributed by atoms with Crippen LogP contribution in [-0.4, -0.2) is 0 Å². The number of hydrogen-bond acceptors (Lipinski definition) is 4. The van der Waals surface area contributed by atoms with Crippen LogP contribution in [0.3, 0.4) is 0 Å². The SMILES string of the molecule is c1ccc(-c2cccc(N(c3ccc4oc5c(-c6ccccc6)c6c(cc5c4c3)oc3ccccc36)c3cccc4c3sc3ccccc34)c2)cc1. The van der Waals surface area contributed by atoms with Crippen LogP contribution in [0.2, 0.25) is 0 Å². The molecule has 0 aliphatic heterocycles. The third-order valence-electron chi connectivity index (χ3n) is 10.2. The van der Waals surface area contributed by atoms with Gasteiger partial charge in [0.25, 0.3) is 0 Å². The molecular formula is C48H29NO2S. The highest BCUT2D eigenvalue weighted by atomic mass is 32.1. The Balaban J connectivity index is 1.20. The molecule has 0 fully saturated rings. The summed E-state index contributed by atoms with van der Waals surface area (Å²) in [7, 11) is 0. The van der Waals surface area contributed by atoms with Gasteiger partial charge in [-0.15, -0.1) is 11.3 Å². The van der Waals surface area contributed by atoms with Crippen molar-refractivity contribution in [3.05, 3.63) is 176 Å². The zero-order chi connectivity index (χ0) is 34.2. The van der Waals surface area contributed by atoms with Crippen molar-refractivity contribution in [1.82, 2.24) is 0 Å². The Morgan fingerprint density at radius 2 is 1.08 bits per heavy atom. The first-order chi connectivity index (χ1) is 25.8. The predicted octanol–water partition coefficient (Wildman–Crippen LogP) is 14.7. The fourth-order valence-electron chi connectivity index (χ4n) is 7.91. The van der Waals surface area contributed by atoms with E-state index in [9.17, 15) is 0 Å². The van der Waals surface area contributed by atoms with Crippen LogP contribution in [-0.2, 0) is 0 Å². The molecular weight excluding hydrogens is 655 g/mol. The number of benzene rings is 8. The van der Waals surface area contributed by atoms with Gasteiger partial charge in [0.1, 0.15) is 22.3 Å². The normalized spacial score (nSPS) is 11.8. The average molecular weight is 684 g/mol. The molecule has 0 amide bonds. The van der Waals surface area contributed by atoms with Crippen LogP contribution in [0.25, 0.3) is 86.3 Å². The summed E-state index contributed by atoms with van der Waals surface area (Å²) in [5.74, 6) is 0. The van der Waals surface area contributed by atoms with Gasteiger partial charge in [0.2, 0.25) is 0 Å². The van der Waals surface area contributed by atoms with E-state index in [1.165, 1.54) is 31.3 Å². The van der Waals surface area contributed by atoms with Crippen LogP contribution in [0.1, 0.15) is 0 Å². The highest BCUT2D eigenvalue weighted by Gasteiger charge is 2.23. The summed E-state index contributed by atoms with van der Waals surface area (Å²) >= 11 is 1.84. The smallest absolute Gasteiger partial charge is 0.144 e. The van der Waals surface area contributed by atoms with Crippen molar-refractivity contribution in [1.29, 1.82) is 0 Å². The van der Waals surface area contributed by atoms with Gasteiger partial charge in [-0.2, -0.15) is 0 Å². The molecule has 0 saturated carbocycles. The van der Waals surface area contributed by atoms with Crippen molar-refractivity contribution in [2.45, 2.75) is 0 Å². The van der Waals surface area contributed by atoms with E-state index in [1.807, 2.05) is 23.5 Å². The van der Waals surface area contributed by atoms with E-state index in [0.717, 1.165) is 72.1 Å². The Morgan fingerprint density at radius 1 is 0.404 bits per heavy atom. The number of furan rings is 2. The quantitative estimate of drug-likeness (QED) is 0.181. The lowest BCUT2D eigenvalue weighted by Gasteiger charge is -2.26. The van der Waals surface area contributed by atoms with Gasteiger partial charge in [0.15, 0.2) is 0 Å². The second-order valence-electron chi connectivity index (χ2n) is 13.3. The van der Waals surface area contributed by atoms with Crippen molar-refractivity contribution in [2.75, 3.05) is 4.90 Å². The zero-order valence-corrected chi connectivity index (χ0v) is 28.7. The van der Waals surface area contributed by atoms with Crippen LogP contribution in [0, 0.1) is 0 Å². The van der Waals surface area contributed by atoms with E-state index in [1.54, 1.807) is 0 Å². The molecule has 0 N–H and O–H groups in total. The van der Waals surface area contributed by atoms with E-state index in [0.29, 0.717) is 0 Å². The molecule has 0 unspecified atom stereocenters. The Morgan fingerprint density at radius 3 is 1.94 bits per heavy atom. The summed E-state index contributed by atoms with van der Waals surface area (Å²) in [6.07, 6.45) is 0. The molecule has 244 valence electrons. The Bertz CT molecular complexity index is 3130. The van der Waals surface area contributed by atoms with Crippen molar-refractivity contribution < 1.29 is 8.83 Å². The van der Waals surface area contributed by atoms with E-state index in [2.05, 4.69) is 169 Å². The van der Waals surface area contributed by atoms with Gasteiger partial charge in [0.05, 0.1) is 10.4 Å². The van der Waals surface area contributed by atoms with Crippen LogP contribution in [0.5, 0.6) is 0 Å². The number of anilines is 3. The first kappa shape index (κ1) is 29.1. The first-order valence-corrected chi connectivity index (χ1v) is 18.3. The third kappa shape index (κ3) is 4.45. The first-order valence-electron chi connectivity index (χ1n) is 17.5. The molecule has 4 heteroatoms. The maximum Gasteiger partial charge on any atom is 0.144 e. The number of thiophene rings is 1. The lowest BCUT2D eigenvalue weighted by Crippen LogP contribution is -2.10.